The average molecular weight is 150 g/mol. The highest BCUT2D eigenvalue weighted by Gasteiger charge is 2.16. The minimum absolute atomic E-state index is 0.376. The van der Waals surface area contributed by atoms with Gasteiger partial charge >= 0.3 is 0 Å². The van der Waals surface area contributed by atoms with E-state index in [1.165, 1.54) is 10.9 Å². The third-order valence-corrected chi connectivity index (χ3v) is 2.86. The van der Waals surface area contributed by atoms with Gasteiger partial charge in [-0.1, -0.05) is 24.3 Å². The van der Waals surface area contributed by atoms with E-state index in [0.717, 1.165) is 0 Å². The second-order valence-corrected chi connectivity index (χ2v) is 3.73. The van der Waals surface area contributed by atoms with Crippen LogP contribution in [0.15, 0.2) is 24.3 Å². The van der Waals surface area contributed by atoms with Crippen molar-refractivity contribution in [3.63, 3.8) is 0 Å². The minimum Gasteiger partial charge on any atom is -0.294 e. The smallest absolute Gasteiger partial charge is 0.160 e. The Morgan fingerprint density at radius 3 is 2.90 bits per heavy atom. The predicted octanol–water partition coefficient (Wildman–Crippen LogP) is 1.07. The van der Waals surface area contributed by atoms with Gasteiger partial charge in [0.25, 0.3) is 0 Å². The van der Waals surface area contributed by atoms with Crippen LogP contribution >= 0.6 is 8.58 Å². The van der Waals surface area contributed by atoms with Crippen molar-refractivity contribution in [3.05, 3.63) is 29.8 Å². The molecule has 1 aromatic carbocycles. The maximum atomic E-state index is 10.9. The van der Waals surface area contributed by atoms with Crippen LogP contribution in [0.5, 0.6) is 0 Å². The molecule has 0 saturated carbocycles. The molecule has 0 N–H and O–H groups in total. The molecule has 1 unspecified atom stereocenters. The second-order valence-electron chi connectivity index (χ2n) is 2.38. The summed E-state index contributed by atoms with van der Waals surface area (Å²) in [4.78, 5) is 10.9. The maximum Gasteiger partial charge on any atom is 0.160 e. The van der Waals surface area contributed by atoms with Crippen LogP contribution in [0.25, 0.3) is 0 Å². The molecule has 0 bridgehead atoms. The Balaban J connectivity index is 2.51. The van der Waals surface area contributed by atoms with E-state index in [4.69, 9.17) is 0 Å². The van der Waals surface area contributed by atoms with Crippen LogP contribution in [0, 0.1) is 0 Å². The van der Waals surface area contributed by atoms with Crippen LogP contribution in [-0.2, 0) is 11.2 Å². The molecular formula is C8H7OP. The molecule has 0 radical (unpaired) electrons. The quantitative estimate of drug-likeness (QED) is 0.505. The molecule has 50 valence electrons. The average Bonchev–Trinajstić information content (AvgIpc) is 2.27. The highest BCUT2D eigenvalue weighted by Crippen LogP contribution is 2.24. The fraction of sp³-hybridized carbons (Fsp3) is 0.125. The molecule has 10 heavy (non-hydrogen) atoms. The van der Waals surface area contributed by atoms with Crippen LogP contribution in [0.1, 0.15) is 5.56 Å². The van der Waals surface area contributed by atoms with Crippen LogP contribution in [-0.4, -0.2) is 5.52 Å². The Hall–Kier alpha value is -0.680. The van der Waals surface area contributed by atoms with Gasteiger partial charge in [-0.2, -0.15) is 0 Å². The lowest BCUT2D eigenvalue weighted by Crippen LogP contribution is -1.93. The minimum atomic E-state index is 0.376. The Kier molecular flexibility index (Phi) is 1.32. The van der Waals surface area contributed by atoms with E-state index in [1.54, 1.807) is 0 Å². The van der Waals surface area contributed by atoms with Gasteiger partial charge in [-0.3, -0.25) is 4.79 Å². The predicted molar refractivity (Wildman–Crippen MR) is 43.1 cm³/mol. The lowest BCUT2D eigenvalue weighted by molar-refractivity contribution is -0.110. The first-order valence-corrected chi connectivity index (χ1v) is 4.24. The first kappa shape index (κ1) is 6.06. The molecule has 1 atom stereocenters. The molecule has 0 amide bonds. The summed E-state index contributed by atoms with van der Waals surface area (Å²) in [5, 5.41) is 1.24. The van der Waals surface area contributed by atoms with Crippen molar-refractivity contribution in [2.45, 2.75) is 6.42 Å². The number of hydrogen-bond acceptors (Lipinski definition) is 1. The summed E-state index contributed by atoms with van der Waals surface area (Å²) < 4.78 is 0. The van der Waals surface area contributed by atoms with E-state index >= 15 is 0 Å². The molecule has 1 aliphatic rings. The molecule has 1 heterocycles. The fourth-order valence-corrected chi connectivity index (χ4v) is 2.25. The largest absolute Gasteiger partial charge is 0.294 e. The van der Waals surface area contributed by atoms with Crippen molar-refractivity contribution in [1.29, 1.82) is 0 Å². The van der Waals surface area contributed by atoms with Crippen LogP contribution < -0.4 is 5.30 Å². The Labute approximate surface area is 61.2 Å². The van der Waals surface area contributed by atoms with Gasteiger partial charge in [0.2, 0.25) is 0 Å². The van der Waals surface area contributed by atoms with Gasteiger partial charge in [-0.05, 0) is 19.4 Å². The lowest BCUT2D eigenvalue weighted by atomic mass is 10.2. The zero-order valence-corrected chi connectivity index (χ0v) is 6.42. The monoisotopic (exact) mass is 150 g/mol. The maximum absolute atomic E-state index is 10.9. The fourth-order valence-electron chi connectivity index (χ4n) is 1.16. The number of carbonyl (C=O) groups excluding carboxylic acids is 1. The van der Waals surface area contributed by atoms with Gasteiger partial charge in [0.1, 0.15) is 0 Å². The number of carbonyl (C=O) groups is 1. The van der Waals surface area contributed by atoms with E-state index in [0.29, 0.717) is 20.5 Å². The van der Waals surface area contributed by atoms with E-state index in [9.17, 15) is 4.79 Å². The van der Waals surface area contributed by atoms with E-state index < -0.39 is 0 Å². The Morgan fingerprint density at radius 1 is 1.30 bits per heavy atom. The summed E-state index contributed by atoms with van der Waals surface area (Å²) in [7, 11) is 0.415. The molecule has 2 heteroatoms. The highest BCUT2D eigenvalue weighted by molar-refractivity contribution is 7.66. The molecule has 1 aromatic rings. The third-order valence-electron chi connectivity index (χ3n) is 1.64. The molecule has 0 aliphatic carbocycles. The standard InChI is InChI=1S/C8H7OP/c9-8-5-6-3-1-2-4-7(6)10-8/h1-4,10H,5H2. The van der Waals surface area contributed by atoms with E-state index in [-0.39, 0.29) is 0 Å². The molecular weight excluding hydrogens is 143 g/mol. The van der Waals surface area contributed by atoms with Crippen molar-refractivity contribution < 1.29 is 4.79 Å². The Bertz CT molecular complexity index is 253. The summed E-state index contributed by atoms with van der Waals surface area (Å²) in [6.45, 7) is 0. The summed E-state index contributed by atoms with van der Waals surface area (Å²) in [5.41, 5.74) is 1.60. The van der Waals surface area contributed by atoms with Gasteiger partial charge in [0, 0.05) is 6.42 Å². The molecule has 0 fully saturated rings. The molecule has 1 nitrogen and oxygen atoms in total. The SMILES string of the molecule is O=C1Cc2ccccc2P1. The number of fused-ring (bicyclic) bond motifs is 1. The zero-order chi connectivity index (χ0) is 6.97. The number of benzene rings is 1. The van der Waals surface area contributed by atoms with Crippen molar-refractivity contribution in [2.75, 3.05) is 0 Å². The van der Waals surface area contributed by atoms with Crippen LogP contribution in [0.2, 0.25) is 0 Å². The van der Waals surface area contributed by atoms with E-state index in [1.807, 2.05) is 24.3 Å². The van der Waals surface area contributed by atoms with Crippen LogP contribution in [0.4, 0.5) is 0 Å². The third kappa shape index (κ3) is 0.871. The normalized spacial score (nSPS) is 17.8. The van der Waals surface area contributed by atoms with Crippen molar-refractivity contribution in [2.24, 2.45) is 0 Å². The zero-order valence-electron chi connectivity index (χ0n) is 5.42. The topological polar surface area (TPSA) is 17.1 Å². The first-order chi connectivity index (χ1) is 4.86. The van der Waals surface area contributed by atoms with Crippen molar-refractivity contribution >= 4 is 19.4 Å². The highest BCUT2D eigenvalue weighted by atomic mass is 31.1. The summed E-state index contributed by atoms with van der Waals surface area (Å²) in [5.74, 6) is 0. The summed E-state index contributed by atoms with van der Waals surface area (Å²) in [6.07, 6.45) is 0.661. The summed E-state index contributed by atoms with van der Waals surface area (Å²) >= 11 is 0. The summed E-state index contributed by atoms with van der Waals surface area (Å²) in [6, 6.07) is 8.05. The number of rotatable bonds is 0. The second kappa shape index (κ2) is 2.17. The lowest BCUT2D eigenvalue weighted by Gasteiger charge is -1.91. The molecule has 1 aliphatic heterocycles. The van der Waals surface area contributed by atoms with Gasteiger partial charge in [0.05, 0.1) is 0 Å². The molecule has 0 saturated heterocycles. The van der Waals surface area contributed by atoms with E-state index in [2.05, 4.69) is 0 Å². The molecule has 0 spiro atoms. The van der Waals surface area contributed by atoms with Gasteiger partial charge in [-0.15, -0.1) is 0 Å². The number of hydrogen-bond donors (Lipinski definition) is 0. The van der Waals surface area contributed by atoms with Crippen molar-refractivity contribution in [1.82, 2.24) is 0 Å². The Morgan fingerprint density at radius 2 is 2.10 bits per heavy atom. The van der Waals surface area contributed by atoms with Gasteiger partial charge in [-0.25, -0.2) is 0 Å². The molecule has 2 rings (SSSR count). The first-order valence-electron chi connectivity index (χ1n) is 3.24. The van der Waals surface area contributed by atoms with Gasteiger partial charge < -0.3 is 0 Å². The van der Waals surface area contributed by atoms with Crippen LogP contribution in [0.3, 0.4) is 0 Å². The van der Waals surface area contributed by atoms with Gasteiger partial charge in [0.15, 0.2) is 5.52 Å². The molecule has 0 aromatic heterocycles. The van der Waals surface area contributed by atoms with Crippen molar-refractivity contribution in [3.8, 4) is 0 Å².